The van der Waals surface area contributed by atoms with Crippen molar-refractivity contribution in [3.8, 4) is 0 Å². The molecule has 1 amide bonds. The van der Waals surface area contributed by atoms with Crippen molar-refractivity contribution in [3.05, 3.63) is 72.3 Å². The monoisotopic (exact) mass is 471 g/mol. The number of fused-ring (bicyclic) bond motifs is 1. The van der Waals surface area contributed by atoms with Crippen molar-refractivity contribution in [2.45, 2.75) is 13.0 Å². The number of nitrogens with one attached hydrogen (secondary N) is 2. The van der Waals surface area contributed by atoms with Crippen molar-refractivity contribution in [2.75, 3.05) is 5.32 Å². The molecule has 0 bridgehead atoms. The second kappa shape index (κ2) is 7.36. The molecule has 1 aromatic heterocycles. The topological polar surface area (TPSA) is 84.0 Å². The molecule has 0 aliphatic rings. The largest absolute Gasteiger partial charge is 0.326 e. The number of aromatic nitrogens is 2. The molecule has 9 heteroatoms. The van der Waals surface area contributed by atoms with Gasteiger partial charge in [0.15, 0.2) is 0 Å². The Morgan fingerprint density at radius 3 is 2.38 bits per heavy atom. The Bertz CT molecular complexity index is 1100. The normalized spacial score (nSPS) is 10.9. The van der Waals surface area contributed by atoms with Gasteiger partial charge in [-0.3, -0.25) is 19.5 Å². The number of hydrogen-bond acceptors (Lipinski definition) is 3. The quantitative estimate of drug-likeness (QED) is 0.454. The number of benzene rings is 2. The van der Waals surface area contributed by atoms with Crippen LogP contribution in [0.1, 0.15) is 6.42 Å². The molecule has 3 rings (SSSR count). The van der Waals surface area contributed by atoms with Crippen LogP contribution in [0.5, 0.6) is 0 Å². The minimum absolute atomic E-state index is 0.0234. The third-order valence-electron chi connectivity index (χ3n) is 3.71. The van der Waals surface area contributed by atoms with Crippen LogP contribution in [0.2, 0.25) is 0 Å². The number of nitrogens with zero attached hydrogens (tertiary/aromatic N) is 1. The predicted octanol–water partition coefficient (Wildman–Crippen LogP) is 2.60. The van der Waals surface area contributed by atoms with Crippen LogP contribution >= 0.6 is 22.6 Å². The molecule has 3 aromatic rings. The van der Waals surface area contributed by atoms with E-state index in [-0.39, 0.29) is 33.0 Å². The molecule has 0 unspecified atom stereocenters. The molecule has 0 saturated carbocycles. The van der Waals surface area contributed by atoms with Gasteiger partial charge < -0.3 is 5.32 Å². The standard InChI is InChI=1S/C17H12F2IN3O3/c18-12-7-9(8-13(19)15(12)20)21-14(24)5-6-23-17(26)11-4-2-1-3-10(11)16(25)22-23/h1-4,7-8H,5-6H2,(H,21,24)(H,22,25). The molecule has 2 N–H and O–H groups in total. The summed E-state index contributed by atoms with van der Waals surface area (Å²) in [6.45, 7) is -0.0833. The highest BCUT2D eigenvalue weighted by molar-refractivity contribution is 14.1. The van der Waals surface area contributed by atoms with E-state index in [0.29, 0.717) is 0 Å². The number of carbonyl (C=O) groups is 1. The Morgan fingerprint density at radius 1 is 1.12 bits per heavy atom. The van der Waals surface area contributed by atoms with Crippen LogP contribution in [-0.4, -0.2) is 15.7 Å². The second-order valence-corrected chi connectivity index (χ2v) is 6.57. The first-order chi connectivity index (χ1) is 12.4. The summed E-state index contributed by atoms with van der Waals surface area (Å²) in [4.78, 5) is 36.3. The maximum absolute atomic E-state index is 13.5. The number of H-pyrrole nitrogens is 1. The Balaban J connectivity index is 1.76. The van der Waals surface area contributed by atoms with Crippen molar-refractivity contribution < 1.29 is 13.6 Å². The lowest BCUT2D eigenvalue weighted by Crippen LogP contribution is -2.31. The van der Waals surface area contributed by atoms with Gasteiger partial charge in [-0.1, -0.05) is 12.1 Å². The summed E-state index contributed by atoms with van der Waals surface area (Å²) in [5.41, 5.74) is -0.897. The van der Waals surface area contributed by atoms with Gasteiger partial charge in [0.2, 0.25) is 5.91 Å². The molecular weight excluding hydrogens is 459 g/mol. The zero-order chi connectivity index (χ0) is 18.8. The van der Waals surface area contributed by atoms with E-state index < -0.39 is 28.7 Å². The summed E-state index contributed by atoms with van der Waals surface area (Å²) in [5.74, 6) is -2.11. The maximum atomic E-state index is 13.5. The van der Waals surface area contributed by atoms with Gasteiger partial charge in [0, 0.05) is 12.1 Å². The van der Waals surface area contributed by atoms with Crippen LogP contribution in [0, 0.1) is 15.2 Å². The molecule has 0 saturated heterocycles. The summed E-state index contributed by atoms with van der Waals surface area (Å²) in [5, 5.41) is 5.29. The Kier molecular flexibility index (Phi) is 5.16. The molecule has 0 atom stereocenters. The van der Waals surface area contributed by atoms with Gasteiger partial charge in [-0.15, -0.1) is 0 Å². The van der Waals surface area contributed by atoms with Crippen LogP contribution in [0.25, 0.3) is 10.8 Å². The lowest BCUT2D eigenvalue weighted by Gasteiger charge is -2.09. The summed E-state index contributed by atoms with van der Waals surface area (Å²) in [7, 11) is 0. The Hall–Kier alpha value is -2.56. The molecular formula is C17H12F2IN3O3. The van der Waals surface area contributed by atoms with Gasteiger partial charge in [-0.25, -0.2) is 13.5 Å². The predicted molar refractivity (Wildman–Crippen MR) is 101 cm³/mol. The van der Waals surface area contributed by atoms with Crippen molar-refractivity contribution in [1.82, 2.24) is 9.78 Å². The van der Waals surface area contributed by atoms with Gasteiger partial charge in [0.25, 0.3) is 11.1 Å². The van der Waals surface area contributed by atoms with Crippen LogP contribution < -0.4 is 16.4 Å². The first-order valence-electron chi connectivity index (χ1n) is 7.53. The highest BCUT2D eigenvalue weighted by Gasteiger charge is 2.12. The van der Waals surface area contributed by atoms with Gasteiger partial charge in [0.05, 0.1) is 20.9 Å². The molecule has 0 aliphatic heterocycles. The fraction of sp³-hybridized carbons (Fsp3) is 0.118. The number of aromatic amines is 1. The average molecular weight is 471 g/mol. The molecule has 0 fully saturated rings. The van der Waals surface area contributed by atoms with Gasteiger partial charge >= 0.3 is 0 Å². The van der Waals surface area contributed by atoms with E-state index in [1.54, 1.807) is 12.1 Å². The van der Waals surface area contributed by atoms with Crippen LogP contribution in [-0.2, 0) is 11.3 Å². The van der Waals surface area contributed by atoms with Crippen molar-refractivity contribution in [3.63, 3.8) is 0 Å². The molecule has 0 spiro atoms. The van der Waals surface area contributed by atoms with Gasteiger partial charge in [-0.05, 0) is 46.9 Å². The number of carbonyl (C=O) groups excluding carboxylic acids is 1. The number of hydrogen-bond donors (Lipinski definition) is 2. The third kappa shape index (κ3) is 3.66. The van der Waals surface area contributed by atoms with Gasteiger partial charge in [-0.2, -0.15) is 0 Å². The SMILES string of the molecule is O=C(CCn1[nH]c(=O)c2ccccc2c1=O)Nc1cc(F)c(I)c(F)c1. The lowest BCUT2D eigenvalue weighted by molar-refractivity contribution is -0.116. The van der Waals surface area contributed by atoms with Crippen LogP contribution in [0.3, 0.4) is 0 Å². The van der Waals surface area contributed by atoms with E-state index in [4.69, 9.17) is 0 Å². The van der Waals surface area contributed by atoms with Crippen LogP contribution in [0.4, 0.5) is 14.5 Å². The third-order valence-corrected chi connectivity index (χ3v) is 4.74. The fourth-order valence-electron chi connectivity index (χ4n) is 2.47. The first kappa shape index (κ1) is 18.2. The molecule has 26 heavy (non-hydrogen) atoms. The molecule has 1 heterocycles. The fourth-order valence-corrected chi connectivity index (χ4v) is 2.78. The lowest BCUT2D eigenvalue weighted by atomic mass is 10.2. The number of halogens is 3. The highest BCUT2D eigenvalue weighted by atomic mass is 127. The van der Waals surface area contributed by atoms with E-state index in [0.717, 1.165) is 16.8 Å². The van der Waals surface area contributed by atoms with Gasteiger partial charge in [0.1, 0.15) is 11.6 Å². The molecule has 0 radical (unpaired) electrons. The summed E-state index contributed by atoms with van der Waals surface area (Å²) in [6.07, 6.45) is -0.163. The number of aryl methyl sites for hydroxylation is 1. The average Bonchev–Trinajstić information content (AvgIpc) is 2.61. The number of rotatable bonds is 4. The van der Waals surface area contributed by atoms with E-state index in [1.807, 2.05) is 0 Å². The van der Waals surface area contributed by atoms with E-state index in [9.17, 15) is 23.2 Å². The number of anilines is 1. The Morgan fingerprint density at radius 2 is 1.73 bits per heavy atom. The van der Waals surface area contributed by atoms with Crippen LogP contribution in [0.15, 0.2) is 46.0 Å². The Labute approximate surface area is 159 Å². The summed E-state index contributed by atoms with van der Waals surface area (Å²) in [6, 6.07) is 8.36. The molecule has 0 aliphatic carbocycles. The van der Waals surface area contributed by atoms with Crippen molar-refractivity contribution in [2.24, 2.45) is 0 Å². The summed E-state index contributed by atoms with van der Waals surface area (Å²) < 4.78 is 27.9. The van der Waals surface area contributed by atoms with Crippen molar-refractivity contribution >= 4 is 45.0 Å². The smallest absolute Gasteiger partial charge is 0.273 e. The zero-order valence-electron chi connectivity index (χ0n) is 13.2. The highest BCUT2D eigenvalue weighted by Crippen LogP contribution is 2.20. The van der Waals surface area contributed by atoms with E-state index in [1.165, 1.54) is 34.7 Å². The maximum Gasteiger partial charge on any atom is 0.273 e. The molecule has 2 aromatic carbocycles. The molecule has 6 nitrogen and oxygen atoms in total. The minimum Gasteiger partial charge on any atom is -0.326 e. The van der Waals surface area contributed by atoms with E-state index >= 15 is 0 Å². The minimum atomic E-state index is -0.782. The summed E-state index contributed by atoms with van der Waals surface area (Å²) >= 11 is 1.52. The number of amides is 1. The first-order valence-corrected chi connectivity index (χ1v) is 8.61. The molecule has 134 valence electrons. The zero-order valence-corrected chi connectivity index (χ0v) is 15.3. The van der Waals surface area contributed by atoms with Crippen molar-refractivity contribution in [1.29, 1.82) is 0 Å². The second-order valence-electron chi connectivity index (χ2n) is 5.50. The van der Waals surface area contributed by atoms with E-state index in [2.05, 4.69) is 10.4 Å².